The fraction of sp³-hybridized carbons (Fsp3) is 0.500. The minimum Gasteiger partial charge on any atom is -0.423 e. The Kier molecular flexibility index (Phi) is 2.85. The number of carbonyl (C=O) groups is 1. The van der Waals surface area contributed by atoms with E-state index in [-0.39, 0.29) is 17.2 Å². The van der Waals surface area contributed by atoms with Crippen molar-refractivity contribution in [3.05, 3.63) is 23.8 Å². The number of hydrogen-bond acceptors (Lipinski definition) is 3. The highest BCUT2D eigenvalue weighted by Gasteiger charge is 2.39. The van der Waals surface area contributed by atoms with Crippen LogP contribution in [0.25, 0.3) is 11.1 Å². The average molecular weight is 272 g/mol. The molecule has 106 valence electrons. The monoisotopic (exact) mass is 272 g/mol. The summed E-state index contributed by atoms with van der Waals surface area (Å²) < 4.78 is 5.58. The Balaban J connectivity index is 1.85. The van der Waals surface area contributed by atoms with E-state index in [2.05, 4.69) is 38.0 Å². The van der Waals surface area contributed by atoms with Gasteiger partial charge in [-0.05, 0) is 35.4 Å². The predicted molar refractivity (Wildman–Crippen MR) is 78.6 cm³/mol. The van der Waals surface area contributed by atoms with E-state index >= 15 is 0 Å². The molecule has 1 aliphatic rings. The van der Waals surface area contributed by atoms with Crippen LogP contribution >= 0.6 is 0 Å². The molecule has 4 heteroatoms. The molecule has 2 aromatic rings. The molecule has 0 radical (unpaired) electrons. The van der Waals surface area contributed by atoms with E-state index in [1.54, 1.807) is 0 Å². The van der Waals surface area contributed by atoms with E-state index in [0.717, 1.165) is 11.9 Å². The summed E-state index contributed by atoms with van der Waals surface area (Å²) in [6, 6.07) is 6.28. The fourth-order valence-electron chi connectivity index (χ4n) is 2.33. The minimum atomic E-state index is 0.0140. The largest absolute Gasteiger partial charge is 0.423 e. The number of aromatic nitrogens is 1. The molecule has 0 spiro atoms. The highest BCUT2D eigenvalue weighted by atomic mass is 16.4. The zero-order chi connectivity index (χ0) is 14.5. The number of carbonyl (C=O) groups excluding carboxylic acids is 1. The molecule has 3 rings (SSSR count). The van der Waals surface area contributed by atoms with Gasteiger partial charge in [-0.15, -0.1) is 0 Å². The van der Waals surface area contributed by atoms with Crippen LogP contribution in [-0.2, 0) is 10.2 Å². The van der Waals surface area contributed by atoms with E-state index < -0.39 is 0 Å². The van der Waals surface area contributed by atoms with Gasteiger partial charge in [0.1, 0.15) is 5.52 Å². The summed E-state index contributed by atoms with van der Waals surface area (Å²) in [6.45, 7) is 8.55. The van der Waals surface area contributed by atoms with E-state index in [0.29, 0.717) is 17.5 Å². The van der Waals surface area contributed by atoms with Crippen LogP contribution in [0.4, 0.5) is 6.01 Å². The summed E-state index contributed by atoms with van der Waals surface area (Å²) >= 11 is 0. The van der Waals surface area contributed by atoms with Crippen molar-refractivity contribution in [1.29, 1.82) is 0 Å². The summed E-state index contributed by atoms with van der Waals surface area (Å²) in [4.78, 5) is 16.2. The molecule has 1 fully saturated rings. The molecule has 1 amide bonds. The maximum absolute atomic E-state index is 11.9. The van der Waals surface area contributed by atoms with Gasteiger partial charge in [0, 0.05) is 5.92 Å². The normalized spacial score (nSPS) is 22.0. The molecular weight excluding hydrogens is 252 g/mol. The molecule has 0 aliphatic heterocycles. The lowest BCUT2D eigenvalue weighted by atomic mass is 9.87. The van der Waals surface area contributed by atoms with Gasteiger partial charge < -0.3 is 4.42 Å². The lowest BCUT2D eigenvalue weighted by molar-refractivity contribution is -0.117. The smallest absolute Gasteiger partial charge is 0.302 e. The fourth-order valence-corrected chi connectivity index (χ4v) is 2.33. The molecule has 1 N–H and O–H groups in total. The third-order valence-electron chi connectivity index (χ3n) is 3.93. The number of rotatable bonds is 2. The van der Waals surface area contributed by atoms with Crippen molar-refractivity contribution in [1.82, 2.24) is 4.98 Å². The Morgan fingerprint density at radius 1 is 1.40 bits per heavy atom. The zero-order valence-electron chi connectivity index (χ0n) is 12.4. The van der Waals surface area contributed by atoms with Crippen molar-refractivity contribution in [2.75, 3.05) is 5.32 Å². The van der Waals surface area contributed by atoms with Gasteiger partial charge in [0.15, 0.2) is 5.58 Å². The zero-order valence-corrected chi connectivity index (χ0v) is 12.4. The van der Waals surface area contributed by atoms with Gasteiger partial charge in [0.25, 0.3) is 0 Å². The Morgan fingerprint density at radius 2 is 2.10 bits per heavy atom. The number of amides is 1. The Labute approximate surface area is 118 Å². The van der Waals surface area contributed by atoms with E-state index in [1.165, 1.54) is 5.56 Å². The van der Waals surface area contributed by atoms with Crippen LogP contribution < -0.4 is 5.32 Å². The molecule has 4 nitrogen and oxygen atoms in total. The van der Waals surface area contributed by atoms with E-state index in [1.807, 2.05) is 18.2 Å². The first-order valence-electron chi connectivity index (χ1n) is 7.06. The van der Waals surface area contributed by atoms with Gasteiger partial charge in [0.2, 0.25) is 5.91 Å². The van der Waals surface area contributed by atoms with Crippen molar-refractivity contribution in [3.8, 4) is 0 Å². The van der Waals surface area contributed by atoms with Crippen LogP contribution in [0.3, 0.4) is 0 Å². The van der Waals surface area contributed by atoms with Gasteiger partial charge in [-0.1, -0.05) is 33.8 Å². The molecule has 20 heavy (non-hydrogen) atoms. The highest BCUT2D eigenvalue weighted by molar-refractivity contribution is 5.93. The molecule has 1 heterocycles. The molecule has 2 atom stereocenters. The van der Waals surface area contributed by atoms with Gasteiger partial charge in [-0.2, -0.15) is 4.98 Å². The van der Waals surface area contributed by atoms with Crippen molar-refractivity contribution < 1.29 is 9.21 Å². The van der Waals surface area contributed by atoms with Crippen LogP contribution in [0.1, 0.15) is 39.7 Å². The molecule has 0 unspecified atom stereocenters. The van der Waals surface area contributed by atoms with Crippen LogP contribution in [0.2, 0.25) is 0 Å². The maximum atomic E-state index is 11.9. The number of oxazole rings is 1. The van der Waals surface area contributed by atoms with Crippen molar-refractivity contribution in [3.63, 3.8) is 0 Å². The molecule has 0 saturated heterocycles. The quantitative estimate of drug-likeness (QED) is 0.906. The molecule has 1 aliphatic carbocycles. The van der Waals surface area contributed by atoms with E-state index in [4.69, 9.17) is 4.42 Å². The van der Waals surface area contributed by atoms with E-state index in [9.17, 15) is 4.79 Å². The van der Waals surface area contributed by atoms with Crippen LogP contribution in [0, 0.1) is 11.8 Å². The average Bonchev–Trinajstić information content (AvgIpc) is 2.95. The van der Waals surface area contributed by atoms with Crippen LogP contribution in [0.5, 0.6) is 0 Å². The first kappa shape index (κ1) is 13.2. The number of benzene rings is 1. The minimum absolute atomic E-state index is 0.0140. The topological polar surface area (TPSA) is 55.1 Å². The number of nitrogens with one attached hydrogen (secondary N) is 1. The summed E-state index contributed by atoms with van der Waals surface area (Å²) in [5.41, 5.74) is 2.76. The Morgan fingerprint density at radius 3 is 2.70 bits per heavy atom. The molecule has 1 saturated carbocycles. The van der Waals surface area contributed by atoms with Crippen molar-refractivity contribution in [2.24, 2.45) is 11.8 Å². The molecule has 1 aromatic carbocycles. The first-order valence-corrected chi connectivity index (χ1v) is 7.06. The summed E-state index contributed by atoms with van der Waals surface area (Å²) in [7, 11) is 0. The highest BCUT2D eigenvalue weighted by Crippen LogP contribution is 2.38. The third kappa shape index (κ3) is 2.42. The molecule has 0 bridgehead atoms. The Hall–Kier alpha value is -1.84. The SMILES string of the molecule is C[C@@H]1C[C@@H]1C(=O)Nc1nc2cc(C(C)(C)C)ccc2o1. The van der Waals surface area contributed by atoms with Gasteiger partial charge in [-0.3, -0.25) is 10.1 Å². The van der Waals surface area contributed by atoms with Crippen LogP contribution in [0.15, 0.2) is 22.6 Å². The van der Waals surface area contributed by atoms with Crippen molar-refractivity contribution >= 4 is 23.0 Å². The second kappa shape index (κ2) is 4.33. The second-order valence-electron chi connectivity index (χ2n) is 6.76. The van der Waals surface area contributed by atoms with Gasteiger partial charge >= 0.3 is 6.01 Å². The Bertz CT molecular complexity index is 667. The number of hydrogen-bond donors (Lipinski definition) is 1. The lowest BCUT2D eigenvalue weighted by Crippen LogP contribution is -2.14. The third-order valence-corrected chi connectivity index (χ3v) is 3.93. The van der Waals surface area contributed by atoms with Crippen LogP contribution in [-0.4, -0.2) is 10.9 Å². The molecular formula is C16H20N2O2. The predicted octanol–water partition coefficient (Wildman–Crippen LogP) is 3.72. The number of anilines is 1. The summed E-state index contributed by atoms with van der Waals surface area (Å²) in [5, 5.41) is 2.77. The first-order chi connectivity index (χ1) is 9.34. The lowest BCUT2D eigenvalue weighted by Gasteiger charge is -2.18. The summed E-state index contributed by atoms with van der Waals surface area (Å²) in [5.74, 6) is 0.613. The second-order valence-corrected chi connectivity index (χ2v) is 6.76. The number of nitrogens with zero attached hydrogens (tertiary/aromatic N) is 1. The molecule has 1 aromatic heterocycles. The standard InChI is InChI=1S/C16H20N2O2/c1-9-7-11(9)14(19)18-15-17-12-8-10(16(2,3)4)5-6-13(12)20-15/h5-6,8-9,11H,7H2,1-4H3,(H,17,18,19)/t9-,11+/m1/s1. The number of fused-ring (bicyclic) bond motifs is 1. The van der Waals surface area contributed by atoms with Gasteiger partial charge in [-0.25, -0.2) is 0 Å². The van der Waals surface area contributed by atoms with Crippen molar-refractivity contribution in [2.45, 2.75) is 39.5 Å². The summed E-state index contributed by atoms with van der Waals surface area (Å²) in [6.07, 6.45) is 0.959. The van der Waals surface area contributed by atoms with Gasteiger partial charge in [0.05, 0.1) is 0 Å². The maximum Gasteiger partial charge on any atom is 0.302 e.